The molecular weight excluding hydrogens is 329 g/mol. The summed E-state index contributed by atoms with van der Waals surface area (Å²) < 4.78 is 14.5. The van der Waals surface area contributed by atoms with Crippen molar-refractivity contribution in [1.82, 2.24) is 10.2 Å². The zero-order chi connectivity index (χ0) is 16.1. The third-order valence-corrected chi connectivity index (χ3v) is 5.47. The molecule has 0 saturated carbocycles. The van der Waals surface area contributed by atoms with Crippen LogP contribution in [0.1, 0.15) is 16.7 Å². The number of aromatic nitrogens is 2. The lowest BCUT2D eigenvalue weighted by atomic mass is 10.1. The van der Waals surface area contributed by atoms with Gasteiger partial charge in [0.15, 0.2) is 4.34 Å². The van der Waals surface area contributed by atoms with Crippen LogP contribution in [-0.4, -0.2) is 10.2 Å². The predicted molar refractivity (Wildman–Crippen MR) is 94.4 cm³/mol. The Labute approximate surface area is 143 Å². The summed E-state index contributed by atoms with van der Waals surface area (Å²) in [7, 11) is 0. The summed E-state index contributed by atoms with van der Waals surface area (Å²) in [5.74, 6) is 0.660. The van der Waals surface area contributed by atoms with Gasteiger partial charge < -0.3 is 5.32 Å². The zero-order valence-electron chi connectivity index (χ0n) is 12.6. The molecule has 3 rings (SSSR count). The quantitative estimate of drug-likeness (QED) is 0.646. The van der Waals surface area contributed by atoms with Crippen LogP contribution in [0.3, 0.4) is 0 Å². The van der Waals surface area contributed by atoms with E-state index in [1.165, 1.54) is 28.5 Å². The maximum Gasteiger partial charge on any atom is 0.206 e. The Morgan fingerprint density at radius 3 is 2.57 bits per heavy atom. The van der Waals surface area contributed by atoms with Crippen LogP contribution >= 0.6 is 23.1 Å². The Morgan fingerprint density at radius 1 is 1.04 bits per heavy atom. The van der Waals surface area contributed by atoms with Gasteiger partial charge in [-0.2, -0.15) is 0 Å². The maximum atomic E-state index is 13.6. The third-order valence-electron chi connectivity index (χ3n) is 3.41. The molecule has 1 heterocycles. The molecule has 1 N–H and O–H groups in total. The highest BCUT2D eigenvalue weighted by Gasteiger charge is 2.07. The van der Waals surface area contributed by atoms with E-state index >= 15 is 0 Å². The summed E-state index contributed by atoms with van der Waals surface area (Å²) in [4.78, 5) is 0. The number of aryl methyl sites for hydroxylation is 1. The first-order chi connectivity index (χ1) is 11.2. The van der Waals surface area contributed by atoms with Gasteiger partial charge >= 0.3 is 0 Å². The van der Waals surface area contributed by atoms with E-state index in [9.17, 15) is 4.39 Å². The topological polar surface area (TPSA) is 37.8 Å². The lowest BCUT2D eigenvalue weighted by Gasteiger charge is -2.03. The summed E-state index contributed by atoms with van der Waals surface area (Å²) >= 11 is 3.15. The number of anilines is 1. The van der Waals surface area contributed by atoms with Gasteiger partial charge in [-0.05, 0) is 24.1 Å². The Balaban J connectivity index is 1.56. The van der Waals surface area contributed by atoms with Crippen molar-refractivity contribution in [1.29, 1.82) is 0 Å². The summed E-state index contributed by atoms with van der Waals surface area (Å²) in [5, 5.41) is 12.1. The van der Waals surface area contributed by atoms with Crippen molar-refractivity contribution in [2.75, 3.05) is 5.32 Å². The van der Waals surface area contributed by atoms with Gasteiger partial charge in [0, 0.05) is 17.9 Å². The first-order valence-electron chi connectivity index (χ1n) is 7.20. The zero-order valence-corrected chi connectivity index (χ0v) is 14.3. The molecule has 0 unspecified atom stereocenters. The van der Waals surface area contributed by atoms with Crippen LogP contribution in [0.15, 0.2) is 52.9 Å². The van der Waals surface area contributed by atoms with Crippen molar-refractivity contribution in [2.24, 2.45) is 0 Å². The normalized spacial score (nSPS) is 10.7. The molecule has 3 aromatic rings. The molecule has 118 valence electrons. The average Bonchev–Trinajstić information content (AvgIpc) is 3.01. The van der Waals surface area contributed by atoms with E-state index in [-0.39, 0.29) is 5.82 Å². The number of hydrogen-bond acceptors (Lipinski definition) is 5. The molecule has 0 amide bonds. The Morgan fingerprint density at radius 2 is 1.78 bits per heavy atom. The molecule has 0 aliphatic rings. The van der Waals surface area contributed by atoms with E-state index in [1.54, 1.807) is 23.9 Å². The number of nitrogens with one attached hydrogen (secondary N) is 1. The summed E-state index contributed by atoms with van der Waals surface area (Å²) in [5.41, 5.74) is 3.20. The molecule has 0 saturated heterocycles. The Bertz CT molecular complexity index is 725. The standard InChI is InChI=1S/C17H16FN3S2/c1-12-6-2-3-8-14(12)11-22-17-21-20-16(23-17)19-10-13-7-4-5-9-15(13)18/h2-9H,10-11H2,1H3,(H,19,20). The molecule has 0 radical (unpaired) electrons. The fourth-order valence-electron chi connectivity index (χ4n) is 2.06. The number of halogens is 1. The van der Waals surface area contributed by atoms with Gasteiger partial charge in [0.05, 0.1) is 0 Å². The van der Waals surface area contributed by atoms with E-state index in [1.807, 2.05) is 18.2 Å². The van der Waals surface area contributed by atoms with Gasteiger partial charge in [-0.25, -0.2) is 4.39 Å². The molecule has 2 aromatic carbocycles. The molecule has 6 heteroatoms. The average molecular weight is 345 g/mol. The van der Waals surface area contributed by atoms with Gasteiger partial charge in [-0.3, -0.25) is 0 Å². The number of thioether (sulfide) groups is 1. The second kappa shape index (κ2) is 7.57. The van der Waals surface area contributed by atoms with Crippen molar-refractivity contribution in [3.63, 3.8) is 0 Å². The minimum atomic E-state index is -0.210. The van der Waals surface area contributed by atoms with E-state index in [2.05, 4.69) is 34.6 Å². The lowest BCUT2D eigenvalue weighted by Crippen LogP contribution is -2.01. The minimum Gasteiger partial charge on any atom is -0.356 e. The van der Waals surface area contributed by atoms with Crippen molar-refractivity contribution in [3.05, 3.63) is 71.0 Å². The molecule has 0 atom stereocenters. The van der Waals surface area contributed by atoms with Crippen molar-refractivity contribution in [3.8, 4) is 0 Å². The first-order valence-corrected chi connectivity index (χ1v) is 9.00. The molecule has 0 bridgehead atoms. The molecule has 23 heavy (non-hydrogen) atoms. The van der Waals surface area contributed by atoms with Crippen LogP contribution in [0.4, 0.5) is 9.52 Å². The van der Waals surface area contributed by atoms with Crippen LogP contribution in [0.2, 0.25) is 0 Å². The van der Waals surface area contributed by atoms with Gasteiger partial charge in [0.1, 0.15) is 5.82 Å². The second-order valence-corrected chi connectivity index (χ2v) is 7.23. The van der Waals surface area contributed by atoms with E-state index < -0.39 is 0 Å². The third kappa shape index (κ3) is 4.30. The fraction of sp³-hybridized carbons (Fsp3) is 0.176. The van der Waals surface area contributed by atoms with E-state index in [0.29, 0.717) is 17.2 Å². The van der Waals surface area contributed by atoms with Gasteiger partial charge in [0.25, 0.3) is 0 Å². The second-order valence-electron chi connectivity index (χ2n) is 5.03. The lowest BCUT2D eigenvalue weighted by molar-refractivity contribution is 0.613. The molecular formula is C17H16FN3S2. The van der Waals surface area contributed by atoms with E-state index in [0.717, 1.165) is 10.1 Å². The van der Waals surface area contributed by atoms with Crippen LogP contribution in [0.5, 0.6) is 0 Å². The van der Waals surface area contributed by atoms with E-state index in [4.69, 9.17) is 0 Å². The molecule has 0 aliphatic heterocycles. The molecule has 0 spiro atoms. The number of benzene rings is 2. The van der Waals surface area contributed by atoms with Crippen LogP contribution < -0.4 is 5.32 Å². The molecule has 0 fully saturated rings. The number of hydrogen-bond donors (Lipinski definition) is 1. The fourth-order valence-corrected chi connectivity index (χ4v) is 3.89. The largest absolute Gasteiger partial charge is 0.356 e. The molecule has 1 aromatic heterocycles. The predicted octanol–water partition coefficient (Wildman–Crippen LogP) is 4.89. The summed E-state index contributed by atoms with van der Waals surface area (Å²) in [6, 6.07) is 15.0. The highest BCUT2D eigenvalue weighted by molar-refractivity contribution is 8.00. The highest BCUT2D eigenvalue weighted by Crippen LogP contribution is 2.29. The van der Waals surface area contributed by atoms with Crippen LogP contribution in [0.25, 0.3) is 0 Å². The molecule has 3 nitrogen and oxygen atoms in total. The number of nitrogens with zero attached hydrogens (tertiary/aromatic N) is 2. The summed E-state index contributed by atoms with van der Waals surface area (Å²) in [6.45, 7) is 2.52. The number of rotatable bonds is 6. The van der Waals surface area contributed by atoms with Crippen molar-refractivity contribution < 1.29 is 4.39 Å². The van der Waals surface area contributed by atoms with Crippen molar-refractivity contribution in [2.45, 2.75) is 23.6 Å². The minimum absolute atomic E-state index is 0.210. The van der Waals surface area contributed by atoms with Gasteiger partial charge in [-0.1, -0.05) is 65.6 Å². The Hall–Kier alpha value is -1.92. The maximum absolute atomic E-state index is 13.6. The monoisotopic (exact) mass is 345 g/mol. The summed E-state index contributed by atoms with van der Waals surface area (Å²) in [6.07, 6.45) is 0. The van der Waals surface area contributed by atoms with Crippen LogP contribution in [0, 0.1) is 12.7 Å². The smallest absolute Gasteiger partial charge is 0.206 e. The Kier molecular flexibility index (Phi) is 5.25. The van der Waals surface area contributed by atoms with Crippen LogP contribution in [-0.2, 0) is 12.3 Å². The van der Waals surface area contributed by atoms with Gasteiger partial charge in [0.2, 0.25) is 5.13 Å². The molecule has 0 aliphatic carbocycles. The van der Waals surface area contributed by atoms with Gasteiger partial charge in [-0.15, -0.1) is 10.2 Å². The van der Waals surface area contributed by atoms with Crippen molar-refractivity contribution >= 4 is 28.2 Å². The highest BCUT2D eigenvalue weighted by atomic mass is 32.2. The SMILES string of the molecule is Cc1ccccc1CSc1nnc(NCc2ccccc2F)s1. The first kappa shape index (κ1) is 16.0.